The minimum atomic E-state index is -0.0756. The molecular formula is C16H26O2. The second-order valence-electron chi connectivity index (χ2n) is 7.03. The molecule has 0 aromatic carbocycles. The van der Waals surface area contributed by atoms with Crippen LogP contribution in [0.3, 0.4) is 0 Å². The summed E-state index contributed by atoms with van der Waals surface area (Å²) in [6.07, 6.45) is 6.75. The van der Waals surface area contributed by atoms with Crippen LogP contribution in [0.5, 0.6) is 0 Å². The molecule has 5 unspecified atom stereocenters. The van der Waals surface area contributed by atoms with Crippen molar-refractivity contribution in [1.29, 1.82) is 0 Å². The van der Waals surface area contributed by atoms with Crippen LogP contribution < -0.4 is 0 Å². The highest BCUT2D eigenvalue weighted by atomic mass is 16.6. The summed E-state index contributed by atoms with van der Waals surface area (Å²) in [5.41, 5.74) is -0.0756. The van der Waals surface area contributed by atoms with E-state index in [0.29, 0.717) is 11.8 Å². The summed E-state index contributed by atoms with van der Waals surface area (Å²) in [6.45, 7) is 6.84. The predicted molar refractivity (Wildman–Crippen MR) is 71.0 cm³/mol. The Bertz CT molecular complexity index is 337. The molecule has 0 radical (unpaired) electrons. The highest BCUT2D eigenvalue weighted by Crippen LogP contribution is 2.55. The maximum absolute atomic E-state index is 12.4. The van der Waals surface area contributed by atoms with Crippen molar-refractivity contribution in [2.75, 3.05) is 0 Å². The average molecular weight is 250 g/mol. The number of hydrogen-bond acceptors (Lipinski definition) is 2. The number of ether oxygens (including phenoxy) is 1. The van der Waals surface area contributed by atoms with Gasteiger partial charge in [0.15, 0.2) is 0 Å². The smallest absolute Gasteiger partial charge is 0.309 e. The van der Waals surface area contributed by atoms with E-state index in [2.05, 4.69) is 20.8 Å². The fraction of sp³-hybridized carbons (Fsp3) is 0.938. The van der Waals surface area contributed by atoms with Gasteiger partial charge in [0.1, 0.15) is 5.60 Å². The molecule has 2 nitrogen and oxygen atoms in total. The Morgan fingerprint density at radius 1 is 1.22 bits per heavy atom. The van der Waals surface area contributed by atoms with Crippen LogP contribution in [0.1, 0.15) is 59.3 Å². The third-order valence-electron chi connectivity index (χ3n) is 6.43. The second kappa shape index (κ2) is 4.25. The van der Waals surface area contributed by atoms with Crippen molar-refractivity contribution in [1.82, 2.24) is 0 Å². The molecule has 3 aliphatic carbocycles. The van der Waals surface area contributed by atoms with E-state index in [1.807, 2.05) is 0 Å². The van der Waals surface area contributed by atoms with Gasteiger partial charge in [0.2, 0.25) is 0 Å². The zero-order valence-electron chi connectivity index (χ0n) is 11.9. The lowest BCUT2D eigenvalue weighted by Gasteiger charge is -2.42. The molecule has 0 spiro atoms. The van der Waals surface area contributed by atoms with Gasteiger partial charge in [-0.3, -0.25) is 4.79 Å². The molecule has 0 heterocycles. The summed E-state index contributed by atoms with van der Waals surface area (Å²) < 4.78 is 5.90. The van der Waals surface area contributed by atoms with E-state index in [1.54, 1.807) is 0 Å². The van der Waals surface area contributed by atoms with Crippen LogP contribution >= 0.6 is 0 Å². The molecule has 0 aromatic rings. The zero-order valence-corrected chi connectivity index (χ0v) is 11.9. The van der Waals surface area contributed by atoms with Crippen LogP contribution in [0.25, 0.3) is 0 Å². The van der Waals surface area contributed by atoms with Crippen molar-refractivity contribution in [3.8, 4) is 0 Å². The number of esters is 1. The molecule has 3 aliphatic rings. The molecule has 2 bridgehead atoms. The topological polar surface area (TPSA) is 26.3 Å². The number of carbonyl (C=O) groups excluding carboxylic acids is 1. The molecule has 0 amide bonds. The lowest BCUT2D eigenvalue weighted by Crippen LogP contribution is -2.44. The molecular weight excluding hydrogens is 224 g/mol. The first kappa shape index (κ1) is 12.5. The Morgan fingerprint density at radius 3 is 2.39 bits per heavy atom. The van der Waals surface area contributed by atoms with Crippen LogP contribution in [0.15, 0.2) is 0 Å². The summed E-state index contributed by atoms with van der Waals surface area (Å²) in [5, 5.41) is 0. The van der Waals surface area contributed by atoms with Crippen molar-refractivity contribution in [3.63, 3.8) is 0 Å². The Balaban J connectivity index is 1.65. The highest BCUT2D eigenvalue weighted by Gasteiger charge is 2.53. The molecule has 3 rings (SSSR count). The van der Waals surface area contributed by atoms with Gasteiger partial charge in [-0.05, 0) is 62.2 Å². The summed E-state index contributed by atoms with van der Waals surface area (Å²) in [6, 6.07) is 0. The fourth-order valence-corrected chi connectivity index (χ4v) is 4.60. The summed E-state index contributed by atoms with van der Waals surface area (Å²) >= 11 is 0. The van der Waals surface area contributed by atoms with Gasteiger partial charge in [-0.15, -0.1) is 0 Å². The monoisotopic (exact) mass is 250 g/mol. The van der Waals surface area contributed by atoms with E-state index in [4.69, 9.17) is 4.74 Å². The standard InChI is InChI=1S/C16H26O2/c1-4-16(6-5-7-16)18-15(17)14-9-12-8-13(14)11(3)10(12)2/h10-14H,4-9H2,1-3H3. The third kappa shape index (κ3) is 1.71. The van der Waals surface area contributed by atoms with Gasteiger partial charge in [0, 0.05) is 0 Å². The maximum atomic E-state index is 12.4. The van der Waals surface area contributed by atoms with E-state index >= 15 is 0 Å². The minimum Gasteiger partial charge on any atom is -0.459 e. The molecule has 3 fully saturated rings. The molecule has 3 saturated carbocycles. The molecule has 2 heteroatoms. The number of fused-ring (bicyclic) bond motifs is 2. The van der Waals surface area contributed by atoms with Crippen LogP contribution in [-0.4, -0.2) is 11.6 Å². The van der Waals surface area contributed by atoms with Gasteiger partial charge in [0.25, 0.3) is 0 Å². The normalized spacial score (nSPS) is 44.7. The lowest BCUT2D eigenvalue weighted by atomic mass is 9.75. The molecule has 0 N–H and O–H groups in total. The highest BCUT2D eigenvalue weighted by molar-refractivity contribution is 5.74. The largest absolute Gasteiger partial charge is 0.459 e. The van der Waals surface area contributed by atoms with Crippen LogP contribution in [-0.2, 0) is 9.53 Å². The first-order valence-corrected chi connectivity index (χ1v) is 7.79. The quantitative estimate of drug-likeness (QED) is 0.712. The summed E-state index contributed by atoms with van der Waals surface area (Å²) in [4.78, 5) is 12.4. The molecule has 102 valence electrons. The van der Waals surface area contributed by atoms with Crippen LogP contribution in [0, 0.1) is 29.6 Å². The number of carbonyl (C=O) groups is 1. The Labute approximate surface area is 110 Å². The second-order valence-corrected chi connectivity index (χ2v) is 7.03. The van der Waals surface area contributed by atoms with Crippen LogP contribution in [0.4, 0.5) is 0 Å². The summed E-state index contributed by atoms with van der Waals surface area (Å²) in [5.74, 6) is 3.24. The van der Waals surface area contributed by atoms with E-state index in [-0.39, 0.29) is 17.5 Å². The van der Waals surface area contributed by atoms with Crippen molar-refractivity contribution < 1.29 is 9.53 Å². The van der Waals surface area contributed by atoms with Crippen molar-refractivity contribution >= 4 is 5.97 Å². The first-order chi connectivity index (χ1) is 8.56. The van der Waals surface area contributed by atoms with Crippen molar-refractivity contribution in [2.45, 2.75) is 64.9 Å². The SMILES string of the molecule is CCC1(OC(=O)C2CC3CC2C(C)C3C)CCC1. The zero-order chi connectivity index (χ0) is 12.9. The average Bonchev–Trinajstić information content (AvgIpc) is 2.85. The fourth-order valence-electron chi connectivity index (χ4n) is 4.60. The van der Waals surface area contributed by atoms with Gasteiger partial charge in [-0.25, -0.2) is 0 Å². The first-order valence-electron chi connectivity index (χ1n) is 7.79. The lowest BCUT2D eigenvalue weighted by molar-refractivity contribution is -0.178. The van der Waals surface area contributed by atoms with Crippen molar-refractivity contribution in [2.24, 2.45) is 29.6 Å². The van der Waals surface area contributed by atoms with Gasteiger partial charge < -0.3 is 4.74 Å². The van der Waals surface area contributed by atoms with E-state index < -0.39 is 0 Å². The van der Waals surface area contributed by atoms with Gasteiger partial charge in [-0.1, -0.05) is 20.8 Å². The number of rotatable bonds is 3. The van der Waals surface area contributed by atoms with Crippen molar-refractivity contribution in [3.05, 3.63) is 0 Å². The third-order valence-corrected chi connectivity index (χ3v) is 6.43. The Kier molecular flexibility index (Phi) is 2.95. The predicted octanol–water partition coefficient (Wildman–Crippen LogP) is 3.79. The maximum Gasteiger partial charge on any atom is 0.309 e. The van der Waals surface area contributed by atoms with E-state index in [9.17, 15) is 4.79 Å². The Morgan fingerprint density at radius 2 is 1.94 bits per heavy atom. The van der Waals surface area contributed by atoms with E-state index in [0.717, 1.165) is 37.5 Å². The summed E-state index contributed by atoms with van der Waals surface area (Å²) in [7, 11) is 0. The van der Waals surface area contributed by atoms with Gasteiger partial charge in [-0.2, -0.15) is 0 Å². The van der Waals surface area contributed by atoms with Gasteiger partial charge in [0.05, 0.1) is 5.92 Å². The molecule has 5 atom stereocenters. The van der Waals surface area contributed by atoms with Gasteiger partial charge >= 0.3 is 5.97 Å². The molecule has 0 aromatic heterocycles. The molecule has 0 aliphatic heterocycles. The Hall–Kier alpha value is -0.530. The van der Waals surface area contributed by atoms with E-state index in [1.165, 1.54) is 12.8 Å². The minimum absolute atomic E-state index is 0.0756. The molecule has 0 saturated heterocycles. The van der Waals surface area contributed by atoms with Crippen LogP contribution in [0.2, 0.25) is 0 Å². The number of hydrogen-bond donors (Lipinski definition) is 0. The molecule has 18 heavy (non-hydrogen) atoms.